The molecule has 8 N–H and O–H groups in total. The summed E-state index contributed by atoms with van der Waals surface area (Å²) in [5.41, 5.74) is 7.46. The number of aliphatic hydroxyl groups excluding tert-OH is 1. The van der Waals surface area contributed by atoms with Crippen molar-refractivity contribution in [2.75, 3.05) is 0 Å². The van der Waals surface area contributed by atoms with E-state index < -0.39 is 54.0 Å². The van der Waals surface area contributed by atoms with E-state index in [4.69, 9.17) is 5.73 Å². The van der Waals surface area contributed by atoms with E-state index in [1.165, 1.54) is 13.8 Å². The number of amides is 3. The van der Waals surface area contributed by atoms with E-state index in [0.717, 1.165) is 16.5 Å². The molecule has 3 amide bonds. The maximum atomic E-state index is 12.7. The van der Waals surface area contributed by atoms with Crippen LogP contribution in [0.4, 0.5) is 0 Å². The minimum atomic E-state index is -1.34. The summed E-state index contributed by atoms with van der Waals surface area (Å²) in [6.45, 7) is 6.37. The molecule has 0 aliphatic carbocycles. The van der Waals surface area contributed by atoms with E-state index in [1.54, 1.807) is 13.1 Å². The van der Waals surface area contributed by atoms with Gasteiger partial charge in [0.25, 0.3) is 0 Å². The van der Waals surface area contributed by atoms with Crippen LogP contribution in [0.25, 0.3) is 10.9 Å². The quantitative estimate of drug-likeness (QED) is 0.219. The number of aromatic nitrogens is 1. The van der Waals surface area contributed by atoms with Crippen molar-refractivity contribution in [3.05, 3.63) is 36.0 Å². The van der Waals surface area contributed by atoms with Crippen LogP contribution in [-0.2, 0) is 25.6 Å². The van der Waals surface area contributed by atoms with Gasteiger partial charge in [0.05, 0.1) is 12.1 Å². The standard InChI is InChI=1S/C24H35N5O6/c1-5-12(2)19(25)22(32)29-20(14(4)30)23(33)27-13(3)21(31)28-18(24(34)35)10-15-11-26-17-9-7-6-8-16(15)17/h6-9,11-14,18-20,26,30H,5,10,25H2,1-4H3,(H,27,33)(H,28,31)(H,29,32)(H,34,35). The summed E-state index contributed by atoms with van der Waals surface area (Å²) in [6, 6.07) is 2.82. The van der Waals surface area contributed by atoms with Crippen molar-refractivity contribution in [3.8, 4) is 0 Å². The fourth-order valence-electron chi connectivity index (χ4n) is 3.55. The van der Waals surface area contributed by atoms with E-state index in [9.17, 15) is 29.4 Å². The van der Waals surface area contributed by atoms with Gasteiger partial charge in [-0.15, -0.1) is 0 Å². The largest absolute Gasteiger partial charge is 0.480 e. The van der Waals surface area contributed by atoms with Crippen molar-refractivity contribution >= 4 is 34.6 Å². The molecular formula is C24H35N5O6. The number of aromatic amines is 1. The van der Waals surface area contributed by atoms with Crippen LogP contribution >= 0.6 is 0 Å². The Labute approximate surface area is 203 Å². The van der Waals surface area contributed by atoms with Gasteiger partial charge in [-0.1, -0.05) is 38.5 Å². The molecule has 6 unspecified atom stereocenters. The number of fused-ring (bicyclic) bond motifs is 1. The smallest absolute Gasteiger partial charge is 0.326 e. The molecule has 1 heterocycles. The highest BCUT2D eigenvalue weighted by Crippen LogP contribution is 2.19. The van der Waals surface area contributed by atoms with E-state index in [-0.39, 0.29) is 12.3 Å². The van der Waals surface area contributed by atoms with Crippen molar-refractivity contribution in [1.29, 1.82) is 0 Å². The summed E-state index contributed by atoms with van der Waals surface area (Å²) < 4.78 is 0. The molecule has 0 fully saturated rings. The number of aliphatic carboxylic acids is 1. The summed E-state index contributed by atoms with van der Waals surface area (Å²) in [4.78, 5) is 52.6. The maximum absolute atomic E-state index is 12.7. The topological polar surface area (TPSA) is 187 Å². The summed E-state index contributed by atoms with van der Waals surface area (Å²) in [5, 5.41) is 27.8. The molecule has 35 heavy (non-hydrogen) atoms. The molecule has 0 spiro atoms. The SMILES string of the molecule is CCC(C)C(N)C(=O)NC(C(=O)NC(C)C(=O)NC(Cc1c[nH]c2ccccc12)C(=O)O)C(C)O. The van der Waals surface area contributed by atoms with Gasteiger partial charge in [0.2, 0.25) is 17.7 Å². The molecule has 6 atom stereocenters. The second-order valence-electron chi connectivity index (χ2n) is 8.83. The molecule has 2 rings (SSSR count). The third-order valence-corrected chi connectivity index (χ3v) is 6.09. The zero-order valence-corrected chi connectivity index (χ0v) is 20.4. The highest BCUT2D eigenvalue weighted by Gasteiger charge is 2.32. The van der Waals surface area contributed by atoms with Gasteiger partial charge in [0.1, 0.15) is 18.1 Å². The fourth-order valence-corrected chi connectivity index (χ4v) is 3.55. The van der Waals surface area contributed by atoms with E-state index in [0.29, 0.717) is 6.42 Å². The highest BCUT2D eigenvalue weighted by atomic mass is 16.4. The predicted molar refractivity (Wildman–Crippen MR) is 130 cm³/mol. The predicted octanol–water partition coefficient (Wildman–Crippen LogP) is 0.0235. The molecule has 0 radical (unpaired) electrons. The van der Waals surface area contributed by atoms with Gasteiger partial charge in [-0.3, -0.25) is 14.4 Å². The number of rotatable bonds is 12. The number of carboxylic acids is 1. The number of nitrogens with two attached hydrogens (primary N) is 1. The van der Waals surface area contributed by atoms with E-state index in [1.807, 2.05) is 31.2 Å². The second-order valence-corrected chi connectivity index (χ2v) is 8.83. The van der Waals surface area contributed by atoms with Crippen LogP contribution in [0.15, 0.2) is 30.5 Å². The number of hydrogen-bond acceptors (Lipinski definition) is 6. The summed E-state index contributed by atoms with van der Waals surface area (Å²) in [7, 11) is 0. The molecule has 11 heteroatoms. The van der Waals surface area contributed by atoms with Gasteiger partial charge in [-0.2, -0.15) is 0 Å². The summed E-state index contributed by atoms with van der Waals surface area (Å²) in [5.74, 6) is -3.48. The summed E-state index contributed by atoms with van der Waals surface area (Å²) in [6.07, 6.45) is 1.12. The second kappa shape index (κ2) is 12.3. The number of aliphatic hydroxyl groups is 1. The molecule has 1 aromatic heterocycles. The van der Waals surface area contributed by atoms with Crippen LogP contribution < -0.4 is 21.7 Å². The van der Waals surface area contributed by atoms with Crippen molar-refractivity contribution in [2.24, 2.45) is 11.7 Å². The Morgan fingerprint density at radius 3 is 2.26 bits per heavy atom. The lowest BCUT2D eigenvalue weighted by molar-refractivity contribution is -0.142. The fraction of sp³-hybridized carbons (Fsp3) is 0.500. The van der Waals surface area contributed by atoms with Gasteiger partial charge < -0.3 is 36.9 Å². The molecule has 1 aromatic carbocycles. The first-order chi connectivity index (χ1) is 16.5. The minimum Gasteiger partial charge on any atom is -0.480 e. The van der Waals surface area contributed by atoms with Crippen LogP contribution in [0, 0.1) is 5.92 Å². The average molecular weight is 490 g/mol. The van der Waals surface area contributed by atoms with Crippen LogP contribution in [0.2, 0.25) is 0 Å². The first-order valence-electron chi connectivity index (χ1n) is 11.6. The molecular weight excluding hydrogens is 454 g/mol. The van der Waals surface area contributed by atoms with Crippen molar-refractivity contribution in [3.63, 3.8) is 0 Å². The molecule has 0 bridgehead atoms. The normalized spacial score (nSPS) is 16.4. The molecule has 0 saturated carbocycles. The van der Waals surface area contributed by atoms with Crippen molar-refractivity contribution < 1.29 is 29.4 Å². The lowest BCUT2D eigenvalue weighted by atomic mass is 9.98. The number of benzene rings is 1. The molecule has 192 valence electrons. The third-order valence-electron chi connectivity index (χ3n) is 6.09. The number of hydrogen-bond donors (Lipinski definition) is 7. The number of nitrogens with one attached hydrogen (secondary N) is 4. The van der Waals surface area contributed by atoms with Crippen LogP contribution in [0.5, 0.6) is 0 Å². The molecule has 2 aromatic rings. The van der Waals surface area contributed by atoms with E-state index >= 15 is 0 Å². The minimum absolute atomic E-state index is 0.0333. The Morgan fingerprint density at radius 2 is 1.66 bits per heavy atom. The number of H-pyrrole nitrogens is 1. The van der Waals surface area contributed by atoms with Gasteiger partial charge in [-0.05, 0) is 31.4 Å². The molecule has 0 saturated heterocycles. The van der Waals surface area contributed by atoms with Gasteiger partial charge in [0.15, 0.2) is 0 Å². The van der Waals surface area contributed by atoms with Crippen LogP contribution in [0.1, 0.15) is 39.7 Å². The lowest BCUT2D eigenvalue weighted by Crippen LogP contribution is -2.59. The Kier molecular flexibility index (Phi) is 9.78. The Balaban J connectivity index is 2.03. The number of para-hydroxylation sites is 1. The lowest BCUT2D eigenvalue weighted by Gasteiger charge is -2.26. The number of carbonyl (C=O) groups is 4. The first kappa shape index (κ1) is 27.8. The van der Waals surface area contributed by atoms with E-state index in [2.05, 4.69) is 20.9 Å². The van der Waals surface area contributed by atoms with Gasteiger partial charge >= 0.3 is 5.97 Å². The van der Waals surface area contributed by atoms with Crippen molar-refractivity contribution in [2.45, 2.75) is 70.8 Å². The van der Waals surface area contributed by atoms with Gasteiger partial charge in [-0.25, -0.2) is 4.79 Å². The maximum Gasteiger partial charge on any atom is 0.326 e. The molecule has 0 aliphatic heterocycles. The van der Waals surface area contributed by atoms with Gasteiger partial charge in [0, 0.05) is 23.5 Å². The first-order valence-corrected chi connectivity index (χ1v) is 11.6. The molecule has 11 nitrogen and oxygen atoms in total. The summed E-state index contributed by atoms with van der Waals surface area (Å²) >= 11 is 0. The zero-order chi connectivity index (χ0) is 26.3. The van der Waals surface area contributed by atoms with Crippen molar-refractivity contribution in [1.82, 2.24) is 20.9 Å². The van der Waals surface area contributed by atoms with Crippen LogP contribution in [-0.4, -0.2) is 69.2 Å². The average Bonchev–Trinajstić information content (AvgIpc) is 3.23. The Hall–Kier alpha value is -3.44. The molecule has 0 aliphatic rings. The Bertz CT molecular complexity index is 1050. The number of carbonyl (C=O) groups excluding carboxylic acids is 3. The third kappa shape index (κ3) is 7.27. The Morgan fingerprint density at radius 1 is 1.00 bits per heavy atom. The highest BCUT2D eigenvalue weighted by molar-refractivity contribution is 5.94. The van der Waals surface area contributed by atoms with Crippen LogP contribution in [0.3, 0.4) is 0 Å². The monoisotopic (exact) mass is 489 g/mol. The number of carboxylic acid groups (broad SMARTS) is 1. The zero-order valence-electron chi connectivity index (χ0n) is 20.4.